The Morgan fingerprint density at radius 1 is 0.875 bits per heavy atom. The van der Waals surface area contributed by atoms with Crippen molar-refractivity contribution >= 4 is 13.3 Å². The molecule has 0 aliphatic carbocycles. The van der Waals surface area contributed by atoms with Gasteiger partial charge in [0.05, 0.1) is 8.07 Å². The van der Waals surface area contributed by atoms with Crippen molar-refractivity contribution in [2.24, 2.45) is 0 Å². The lowest BCUT2D eigenvalue weighted by Gasteiger charge is -2.17. The first-order valence-electron chi connectivity index (χ1n) is 5.64. The van der Waals surface area contributed by atoms with Gasteiger partial charge in [-0.25, -0.2) is 0 Å². The summed E-state index contributed by atoms with van der Waals surface area (Å²) in [7, 11) is -1.21. The molecule has 2 aromatic carbocycles. The molecule has 0 aliphatic rings. The van der Waals surface area contributed by atoms with Crippen LogP contribution in [0, 0.1) is 6.07 Å². The molecule has 1 heteroatoms. The fourth-order valence-corrected chi connectivity index (χ4v) is 2.93. The zero-order valence-electron chi connectivity index (χ0n) is 10.1. The fraction of sp³-hybridized carbons (Fsp3) is 0.200. The van der Waals surface area contributed by atoms with Crippen molar-refractivity contribution in [3.05, 3.63) is 54.6 Å². The molecule has 0 unspecified atom stereocenters. The van der Waals surface area contributed by atoms with Gasteiger partial charge in [-0.05, 0) is 17.2 Å². The summed E-state index contributed by atoms with van der Waals surface area (Å²) in [5, 5.41) is 1.51. The molecule has 0 aliphatic heterocycles. The molecular formula is C15H17Si. The van der Waals surface area contributed by atoms with Gasteiger partial charge in [-0.3, -0.25) is 0 Å². The van der Waals surface area contributed by atoms with Crippen LogP contribution in [-0.4, -0.2) is 8.07 Å². The summed E-state index contributed by atoms with van der Waals surface area (Å²) >= 11 is 0. The molecule has 0 aromatic heterocycles. The Hall–Kier alpha value is -1.34. The van der Waals surface area contributed by atoms with Crippen LogP contribution in [0.1, 0.15) is 0 Å². The summed E-state index contributed by atoms with van der Waals surface area (Å²) in [6.45, 7) is 7.14. The van der Waals surface area contributed by atoms with Crippen molar-refractivity contribution in [3.8, 4) is 11.1 Å². The van der Waals surface area contributed by atoms with Crippen LogP contribution in [-0.2, 0) is 0 Å². The van der Waals surface area contributed by atoms with Crippen LogP contribution in [0.4, 0.5) is 0 Å². The van der Waals surface area contributed by atoms with E-state index in [0.29, 0.717) is 0 Å². The Labute approximate surface area is 99.0 Å². The zero-order valence-corrected chi connectivity index (χ0v) is 11.1. The molecule has 81 valence electrons. The molecule has 0 atom stereocenters. The topological polar surface area (TPSA) is 0 Å². The minimum Gasteiger partial charge on any atom is -0.0656 e. The van der Waals surface area contributed by atoms with Crippen LogP contribution in [0.2, 0.25) is 19.6 Å². The van der Waals surface area contributed by atoms with Crippen molar-refractivity contribution in [1.82, 2.24) is 0 Å². The van der Waals surface area contributed by atoms with Gasteiger partial charge in [0.25, 0.3) is 0 Å². The van der Waals surface area contributed by atoms with Gasteiger partial charge < -0.3 is 0 Å². The maximum Gasteiger partial charge on any atom is 0.0776 e. The molecule has 2 rings (SSSR count). The third-order valence-corrected chi connectivity index (χ3v) is 4.82. The van der Waals surface area contributed by atoms with Crippen molar-refractivity contribution < 1.29 is 0 Å². The van der Waals surface area contributed by atoms with Gasteiger partial charge in [0.15, 0.2) is 0 Å². The van der Waals surface area contributed by atoms with Gasteiger partial charge in [-0.2, -0.15) is 0 Å². The molecule has 0 spiro atoms. The summed E-state index contributed by atoms with van der Waals surface area (Å²) in [4.78, 5) is 0. The average molecular weight is 225 g/mol. The van der Waals surface area contributed by atoms with E-state index in [1.54, 1.807) is 0 Å². The highest BCUT2D eigenvalue weighted by molar-refractivity contribution is 6.88. The summed E-state index contributed by atoms with van der Waals surface area (Å²) in [6, 6.07) is 20.2. The third-order valence-electron chi connectivity index (χ3n) is 2.78. The predicted octanol–water partition coefficient (Wildman–Crippen LogP) is 3.70. The molecule has 0 N–H and O–H groups in total. The van der Waals surface area contributed by atoms with Crippen molar-refractivity contribution in [2.45, 2.75) is 19.6 Å². The highest BCUT2D eigenvalue weighted by atomic mass is 28.3. The van der Waals surface area contributed by atoms with E-state index in [1.165, 1.54) is 16.3 Å². The Balaban J connectivity index is 2.45. The van der Waals surface area contributed by atoms with Gasteiger partial charge in [-0.1, -0.05) is 73.4 Å². The van der Waals surface area contributed by atoms with E-state index >= 15 is 0 Å². The molecule has 1 radical (unpaired) electrons. The molecule has 0 amide bonds. The highest BCUT2D eigenvalue weighted by Crippen LogP contribution is 2.18. The van der Waals surface area contributed by atoms with Gasteiger partial charge in [-0.15, -0.1) is 0 Å². The minimum atomic E-state index is -1.21. The Kier molecular flexibility index (Phi) is 2.97. The van der Waals surface area contributed by atoms with Gasteiger partial charge in [0, 0.05) is 0 Å². The molecular weight excluding hydrogens is 208 g/mol. The summed E-state index contributed by atoms with van der Waals surface area (Å²) in [5.41, 5.74) is 2.59. The second-order valence-corrected chi connectivity index (χ2v) is 10.2. The first-order chi connectivity index (χ1) is 7.57. The molecule has 0 saturated carbocycles. The van der Waals surface area contributed by atoms with Crippen molar-refractivity contribution in [1.29, 1.82) is 0 Å². The van der Waals surface area contributed by atoms with Gasteiger partial charge in [0.1, 0.15) is 0 Å². The second-order valence-electron chi connectivity index (χ2n) is 5.12. The average Bonchev–Trinajstić information content (AvgIpc) is 2.29. The lowest BCUT2D eigenvalue weighted by Crippen LogP contribution is -2.37. The van der Waals surface area contributed by atoms with Crippen LogP contribution < -0.4 is 5.19 Å². The van der Waals surface area contributed by atoms with E-state index in [-0.39, 0.29) is 0 Å². The smallest absolute Gasteiger partial charge is 0.0656 e. The van der Waals surface area contributed by atoms with Gasteiger partial charge in [0.2, 0.25) is 0 Å². The monoisotopic (exact) mass is 225 g/mol. The maximum absolute atomic E-state index is 3.06. The van der Waals surface area contributed by atoms with Crippen LogP contribution in [0.3, 0.4) is 0 Å². The number of hydrogen-bond acceptors (Lipinski definition) is 0. The molecule has 0 nitrogen and oxygen atoms in total. The van der Waals surface area contributed by atoms with Crippen LogP contribution in [0.15, 0.2) is 48.5 Å². The van der Waals surface area contributed by atoms with Crippen LogP contribution in [0.25, 0.3) is 11.1 Å². The first kappa shape index (κ1) is 11.2. The van der Waals surface area contributed by atoms with E-state index in [0.717, 1.165) is 0 Å². The van der Waals surface area contributed by atoms with Crippen LogP contribution in [0.5, 0.6) is 0 Å². The third kappa shape index (κ3) is 2.42. The van der Waals surface area contributed by atoms with Crippen molar-refractivity contribution in [3.63, 3.8) is 0 Å². The minimum absolute atomic E-state index is 1.21. The zero-order chi connectivity index (χ0) is 11.6. The van der Waals surface area contributed by atoms with Crippen molar-refractivity contribution in [2.75, 3.05) is 0 Å². The van der Waals surface area contributed by atoms with Crippen LogP contribution >= 0.6 is 0 Å². The quantitative estimate of drug-likeness (QED) is 0.684. The maximum atomic E-state index is 3.06. The van der Waals surface area contributed by atoms with Gasteiger partial charge >= 0.3 is 0 Å². The highest BCUT2D eigenvalue weighted by Gasteiger charge is 2.16. The van der Waals surface area contributed by atoms with E-state index < -0.39 is 8.07 Å². The molecule has 16 heavy (non-hydrogen) atoms. The Bertz CT molecular complexity index is 466. The summed E-state index contributed by atoms with van der Waals surface area (Å²) in [6.07, 6.45) is 0. The SMILES string of the molecule is C[Si](C)(C)c1cccc(-c2cc[c]cc2)c1. The van der Waals surface area contributed by atoms with E-state index in [1.807, 2.05) is 12.1 Å². The van der Waals surface area contributed by atoms with E-state index in [4.69, 9.17) is 0 Å². The number of benzene rings is 2. The lowest BCUT2D eigenvalue weighted by atomic mass is 10.1. The second kappa shape index (κ2) is 4.26. The summed E-state index contributed by atoms with van der Waals surface area (Å²) < 4.78 is 0. The Morgan fingerprint density at radius 3 is 2.19 bits per heavy atom. The predicted molar refractivity (Wildman–Crippen MR) is 73.7 cm³/mol. The standard InChI is InChI=1S/C15H17Si/c1-16(2,3)15-11-7-10-14(12-15)13-8-5-4-6-9-13/h5-12H,1-3H3. The van der Waals surface area contributed by atoms with E-state index in [2.05, 4.69) is 62.1 Å². The largest absolute Gasteiger partial charge is 0.0776 e. The molecule has 0 saturated heterocycles. The first-order valence-corrected chi connectivity index (χ1v) is 9.14. The normalized spacial score (nSPS) is 11.4. The number of hydrogen-bond donors (Lipinski definition) is 0. The molecule has 0 fully saturated rings. The van der Waals surface area contributed by atoms with E-state index in [9.17, 15) is 0 Å². The molecule has 0 heterocycles. The molecule has 2 aromatic rings. The molecule has 0 bridgehead atoms. The fourth-order valence-electron chi connectivity index (χ4n) is 1.74. The summed E-state index contributed by atoms with van der Waals surface area (Å²) in [5.74, 6) is 0. The lowest BCUT2D eigenvalue weighted by molar-refractivity contribution is 1.61. The Morgan fingerprint density at radius 2 is 1.56 bits per heavy atom. The number of rotatable bonds is 2.